The number of aryl methyl sites for hydroxylation is 1. The first-order valence-corrected chi connectivity index (χ1v) is 8.55. The molecule has 1 aromatic carbocycles. The molecule has 1 aliphatic rings. The van der Waals surface area contributed by atoms with Gasteiger partial charge in [0.2, 0.25) is 0 Å². The SMILES string of the molecule is COc1ccc(CCC(=O)C2=C(Cl)C(Cl)=C(C)C2)cc1C(C)C. The Bertz CT molecular complexity index is 685. The molecule has 0 bridgehead atoms. The number of Topliss-reactive ketones (excluding diaryl/α,β-unsaturated/α-hetero) is 1. The first-order valence-electron chi connectivity index (χ1n) is 7.79. The molecule has 2 nitrogen and oxygen atoms in total. The van der Waals surface area contributed by atoms with Gasteiger partial charge in [-0.3, -0.25) is 4.79 Å². The number of hydrogen-bond acceptors (Lipinski definition) is 2. The zero-order valence-electron chi connectivity index (χ0n) is 14.0. The molecule has 1 aliphatic carbocycles. The Hall–Kier alpha value is -1.25. The molecule has 124 valence electrons. The van der Waals surface area contributed by atoms with Crippen molar-refractivity contribution in [2.75, 3.05) is 7.11 Å². The van der Waals surface area contributed by atoms with E-state index >= 15 is 0 Å². The lowest BCUT2D eigenvalue weighted by atomic mass is 9.96. The number of ether oxygens (including phenoxy) is 1. The lowest BCUT2D eigenvalue weighted by molar-refractivity contribution is -0.115. The van der Waals surface area contributed by atoms with Crippen LogP contribution in [-0.2, 0) is 11.2 Å². The second kappa shape index (κ2) is 7.55. The van der Waals surface area contributed by atoms with Crippen molar-refractivity contribution in [3.8, 4) is 5.75 Å². The molecule has 2 rings (SSSR count). The van der Waals surface area contributed by atoms with Gasteiger partial charge >= 0.3 is 0 Å². The summed E-state index contributed by atoms with van der Waals surface area (Å²) < 4.78 is 5.39. The zero-order valence-corrected chi connectivity index (χ0v) is 15.5. The van der Waals surface area contributed by atoms with E-state index in [1.807, 2.05) is 19.1 Å². The van der Waals surface area contributed by atoms with Crippen LogP contribution in [-0.4, -0.2) is 12.9 Å². The Morgan fingerprint density at radius 3 is 2.48 bits per heavy atom. The van der Waals surface area contributed by atoms with Crippen LogP contribution in [0.1, 0.15) is 50.7 Å². The lowest BCUT2D eigenvalue weighted by Crippen LogP contribution is -2.05. The van der Waals surface area contributed by atoms with Crippen molar-refractivity contribution in [1.29, 1.82) is 0 Å². The Balaban J connectivity index is 2.07. The van der Waals surface area contributed by atoms with Crippen LogP contribution in [0.15, 0.2) is 39.4 Å². The van der Waals surface area contributed by atoms with Crippen LogP contribution in [0, 0.1) is 0 Å². The van der Waals surface area contributed by atoms with E-state index in [9.17, 15) is 4.79 Å². The second-order valence-corrected chi connectivity index (χ2v) is 6.97. The first kappa shape index (κ1) is 18.1. The van der Waals surface area contributed by atoms with E-state index in [1.54, 1.807) is 7.11 Å². The molecular formula is C19H22Cl2O2. The van der Waals surface area contributed by atoms with Crippen molar-refractivity contribution in [3.05, 3.63) is 50.5 Å². The third-order valence-corrected chi connectivity index (χ3v) is 5.19. The van der Waals surface area contributed by atoms with Crippen LogP contribution in [0.2, 0.25) is 0 Å². The number of benzene rings is 1. The Morgan fingerprint density at radius 2 is 1.96 bits per heavy atom. The van der Waals surface area contributed by atoms with Crippen molar-refractivity contribution >= 4 is 29.0 Å². The Labute approximate surface area is 148 Å². The smallest absolute Gasteiger partial charge is 0.161 e. The third-order valence-electron chi connectivity index (χ3n) is 4.17. The van der Waals surface area contributed by atoms with Crippen LogP contribution in [0.25, 0.3) is 0 Å². The lowest BCUT2D eigenvalue weighted by Gasteiger charge is -2.13. The summed E-state index contributed by atoms with van der Waals surface area (Å²) in [6.07, 6.45) is 1.69. The van der Waals surface area contributed by atoms with Crippen molar-refractivity contribution in [1.82, 2.24) is 0 Å². The molecule has 0 spiro atoms. The minimum absolute atomic E-state index is 0.0758. The summed E-state index contributed by atoms with van der Waals surface area (Å²) in [6.45, 7) is 6.17. The maximum Gasteiger partial charge on any atom is 0.161 e. The summed E-state index contributed by atoms with van der Waals surface area (Å²) in [7, 11) is 1.68. The number of carbonyl (C=O) groups is 1. The topological polar surface area (TPSA) is 26.3 Å². The van der Waals surface area contributed by atoms with Crippen LogP contribution >= 0.6 is 23.2 Å². The van der Waals surface area contributed by atoms with E-state index in [-0.39, 0.29) is 5.78 Å². The molecule has 0 atom stereocenters. The predicted molar refractivity (Wildman–Crippen MR) is 96.5 cm³/mol. The molecule has 0 aromatic heterocycles. The summed E-state index contributed by atoms with van der Waals surface area (Å²) in [5.74, 6) is 1.34. The van der Waals surface area contributed by atoms with Gasteiger partial charge in [0, 0.05) is 12.0 Å². The Morgan fingerprint density at radius 1 is 1.26 bits per heavy atom. The largest absolute Gasteiger partial charge is 0.496 e. The van der Waals surface area contributed by atoms with E-state index in [4.69, 9.17) is 27.9 Å². The average molecular weight is 353 g/mol. The average Bonchev–Trinajstić information content (AvgIpc) is 2.79. The molecule has 0 unspecified atom stereocenters. The fourth-order valence-electron chi connectivity index (χ4n) is 2.76. The highest BCUT2D eigenvalue weighted by Crippen LogP contribution is 2.38. The standard InChI is InChI=1S/C19H22Cl2O2/c1-11(2)14-10-13(6-8-17(14)23-4)5-7-16(22)15-9-12(3)18(20)19(15)21/h6,8,10-11H,5,7,9H2,1-4H3. The molecular weight excluding hydrogens is 331 g/mol. The van der Waals surface area contributed by atoms with Crippen LogP contribution in [0.3, 0.4) is 0 Å². The highest BCUT2D eigenvalue weighted by molar-refractivity contribution is 6.46. The van der Waals surface area contributed by atoms with Crippen molar-refractivity contribution in [2.45, 2.75) is 46.0 Å². The summed E-state index contributed by atoms with van der Waals surface area (Å²) in [5, 5.41) is 0.952. The molecule has 0 N–H and O–H groups in total. The number of halogens is 2. The molecule has 0 aliphatic heterocycles. The van der Waals surface area contributed by atoms with Gasteiger partial charge in [0.05, 0.1) is 17.2 Å². The fraction of sp³-hybridized carbons (Fsp3) is 0.421. The highest BCUT2D eigenvalue weighted by atomic mass is 35.5. The molecule has 0 heterocycles. The monoisotopic (exact) mass is 352 g/mol. The summed E-state index contributed by atoms with van der Waals surface area (Å²) >= 11 is 12.2. The fourth-order valence-corrected chi connectivity index (χ4v) is 3.27. The second-order valence-electron chi connectivity index (χ2n) is 6.22. The number of rotatable bonds is 6. The van der Waals surface area contributed by atoms with Gasteiger partial charge in [0.15, 0.2) is 5.78 Å². The van der Waals surface area contributed by atoms with Gasteiger partial charge in [-0.2, -0.15) is 0 Å². The van der Waals surface area contributed by atoms with E-state index < -0.39 is 0 Å². The minimum Gasteiger partial charge on any atom is -0.496 e. The summed E-state index contributed by atoms with van der Waals surface area (Å²) in [4.78, 5) is 12.4. The van der Waals surface area contributed by atoms with Gasteiger partial charge < -0.3 is 4.74 Å². The van der Waals surface area contributed by atoms with Crippen molar-refractivity contribution in [2.24, 2.45) is 0 Å². The predicted octanol–water partition coefficient (Wildman–Crippen LogP) is 5.73. The van der Waals surface area contributed by atoms with Gasteiger partial charge in [-0.15, -0.1) is 0 Å². The molecule has 4 heteroatoms. The maximum atomic E-state index is 12.4. The van der Waals surface area contributed by atoms with Crippen molar-refractivity contribution in [3.63, 3.8) is 0 Å². The first-order chi connectivity index (χ1) is 10.8. The van der Waals surface area contributed by atoms with Crippen LogP contribution in [0.5, 0.6) is 5.75 Å². The third kappa shape index (κ3) is 3.99. The van der Waals surface area contributed by atoms with Gasteiger partial charge in [-0.1, -0.05) is 49.2 Å². The molecule has 1 aromatic rings. The maximum absolute atomic E-state index is 12.4. The number of carbonyl (C=O) groups excluding carboxylic acids is 1. The Kier molecular flexibility index (Phi) is 5.94. The van der Waals surface area contributed by atoms with Gasteiger partial charge in [-0.25, -0.2) is 0 Å². The zero-order chi connectivity index (χ0) is 17.1. The van der Waals surface area contributed by atoms with E-state index in [2.05, 4.69) is 19.9 Å². The normalized spacial score (nSPS) is 14.9. The van der Waals surface area contributed by atoms with Gasteiger partial charge in [0.1, 0.15) is 5.75 Å². The summed E-state index contributed by atoms with van der Waals surface area (Å²) in [5.41, 5.74) is 3.91. The van der Waals surface area contributed by atoms with E-state index in [1.165, 1.54) is 0 Å². The van der Waals surface area contributed by atoms with Gasteiger partial charge in [0.25, 0.3) is 0 Å². The molecule has 0 saturated carbocycles. The van der Waals surface area contributed by atoms with Crippen molar-refractivity contribution < 1.29 is 9.53 Å². The highest BCUT2D eigenvalue weighted by Gasteiger charge is 2.24. The molecule has 0 fully saturated rings. The summed E-state index contributed by atoms with van der Waals surface area (Å²) in [6, 6.07) is 6.11. The minimum atomic E-state index is 0.0758. The molecule has 0 amide bonds. The number of hydrogen-bond donors (Lipinski definition) is 0. The molecule has 0 radical (unpaired) electrons. The quantitative estimate of drug-likeness (QED) is 0.653. The van der Waals surface area contributed by atoms with Crippen LogP contribution in [0.4, 0.5) is 0 Å². The molecule has 0 saturated heterocycles. The molecule has 23 heavy (non-hydrogen) atoms. The van der Waals surface area contributed by atoms with E-state index in [0.29, 0.717) is 40.8 Å². The van der Waals surface area contributed by atoms with E-state index in [0.717, 1.165) is 22.4 Å². The number of methoxy groups -OCH3 is 1. The number of allylic oxidation sites excluding steroid dienone is 4. The number of ketones is 1. The van der Waals surface area contributed by atoms with Gasteiger partial charge in [-0.05, 0) is 48.4 Å². The van der Waals surface area contributed by atoms with Crippen LogP contribution < -0.4 is 4.74 Å².